The van der Waals surface area contributed by atoms with Crippen molar-refractivity contribution >= 4 is 15.9 Å². The van der Waals surface area contributed by atoms with E-state index < -0.39 is 10.0 Å². The molecule has 0 unspecified atom stereocenters. The molecule has 1 aliphatic heterocycles. The van der Waals surface area contributed by atoms with E-state index in [1.54, 1.807) is 12.1 Å². The van der Waals surface area contributed by atoms with Crippen LogP contribution in [0.3, 0.4) is 0 Å². The van der Waals surface area contributed by atoms with E-state index in [4.69, 9.17) is 5.14 Å². The van der Waals surface area contributed by atoms with Crippen LogP contribution in [-0.2, 0) is 16.4 Å². The number of hydrogen-bond donors (Lipinski definition) is 2. The Kier molecular flexibility index (Phi) is 3.07. The number of carbonyl (C=O) groups excluding carboxylic acids is 1. The molecule has 7 nitrogen and oxygen atoms in total. The Balaban J connectivity index is 2.12. The molecule has 0 spiro atoms. The minimum Gasteiger partial charge on any atom is -0.350 e. The zero-order valence-electron chi connectivity index (χ0n) is 11.3. The molecule has 1 aromatic carbocycles. The summed E-state index contributed by atoms with van der Waals surface area (Å²) in [6, 6.07) is 5.95. The van der Waals surface area contributed by atoms with Gasteiger partial charge in [0.05, 0.1) is 16.3 Å². The highest BCUT2D eigenvalue weighted by Gasteiger charge is 2.25. The largest absolute Gasteiger partial charge is 0.350 e. The van der Waals surface area contributed by atoms with Gasteiger partial charge in [0, 0.05) is 12.1 Å². The van der Waals surface area contributed by atoms with Crippen LogP contribution >= 0.6 is 0 Å². The third-order valence-electron chi connectivity index (χ3n) is 3.47. The molecule has 3 rings (SSSR count). The first-order valence-electron chi connectivity index (χ1n) is 6.38. The number of carbonyl (C=O) groups is 1. The fraction of sp³-hybridized carbons (Fsp3) is 0.231. The Morgan fingerprint density at radius 1 is 1.29 bits per heavy atom. The Morgan fingerprint density at radius 2 is 1.95 bits per heavy atom. The molecule has 0 aliphatic carbocycles. The molecule has 0 saturated carbocycles. The standard InChI is InChI=1S/C13H14N4O3S/c1-8-11-6-7-15-13(18)12(11)17(16-8)9-2-4-10(5-3-9)21(14,19)20/h2-5H,6-7H2,1H3,(H,15,18)(H2,14,19,20). The van der Waals surface area contributed by atoms with Gasteiger partial charge in [0.1, 0.15) is 5.69 Å². The molecule has 0 radical (unpaired) electrons. The minimum absolute atomic E-state index is 0.0217. The van der Waals surface area contributed by atoms with E-state index in [-0.39, 0.29) is 10.8 Å². The number of nitrogens with two attached hydrogens (primary N) is 1. The Morgan fingerprint density at radius 3 is 2.57 bits per heavy atom. The number of primary sulfonamides is 1. The summed E-state index contributed by atoms with van der Waals surface area (Å²) in [4.78, 5) is 12.1. The number of hydrogen-bond acceptors (Lipinski definition) is 4. The summed E-state index contributed by atoms with van der Waals surface area (Å²) in [5.41, 5.74) is 2.84. The number of nitrogens with one attached hydrogen (secondary N) is 1. The number of sulfonamides is 1. The Bertz CT molecular complexity index is 822. The first-order chi connectivity index (χ1) is 9.88. The second-order valence-electron chi connectivity index (χ2n) is 4.87. The molecule has 0 bridgehead atoms. The van der Waals surface area contributed by atoms with Gasteiger partial charge in [-0.15, -0.1) is 0 Å². The predicted molar refractivity (Wildman–Crippen MR) is 75.7 cm³/mol. The number of fused-ring (bicyclic) bond motifs is 1. The molecule has 0 saturated heterocycles. The fourth-order valence-electron chi connectivity index (χ4n) is 2.44. The Hall–Kier alpha value is -2.19. The second-order valence-corrected chi connectivity index (χ2v) is 6.43. The van der Waals surface area contributed by atoms with Crippen molar-refractivity contribution in [2.45, 2.75) is 18.2 Å². The van der Waals surface area contributed by atoms with Gasteiger partial charge in [-0.05, 0) is 37.6 Å². The summed E-state index contributed by atoms with van der Waals surface area (Å²) < 4.78 is 24.1. The van der Waals surface area contributed by atoms with Gasteiger partial charge in [0.2, 0.25) is 10.0 Å². The zero-order valence-corrected chi connectivity index (χ0v) is 12.1. The van der Waals surface area contributed by atoms with Gasteiger partial charge in [0.25, 0.3) is 5.91 Å². The highest BCUT2D eigenvalue weighted by atomic mass is 32.2. The molecule has 3 N–H and O–H groups in total. The molecule has 0 atom stereocenters. The molecule has 1 amide bonds. The molecule has 1 aromatic heterocycles. The van der Waals surface area contributed by atoms with E-state index in [9.17, 15) is 13.2 Å². The normalized spacial score (nSPS) is 14.7. The van der Waals surface area contributed by atoms with Crippen molar-refractivity contribution in [1.29, 1.82) is 0 Å². The lowest BCUT2D eigenvalue weighted by molar-refractivity contribution is 0.0938. The lowest BCUT2D eigenvalue weighted by atomic mass is 10.1. The first-order valence-corrected chi connectivity index (χ1v) is 7.92. The van der Waals surface area contributed by atoms with Gasteiger partial charge < -0.3 is 5.32 Å². The Labute approximate surface area is 121 Å². The smallest absolute Gasteiger partial charge is 0.270 e. The predicted octanol–water partition coefficient (Wildman–Crippen LogP) is 0.114. The molecular weight excluding hydrogens is 292 g/mol. The molecule has 8 heteroatoms. The van der Waals surface area contributed by atoms with Crippen molar-refractivity contribution in [3.8, 4) is 5.69 Å². The van der Waals surface area contributed by atoms with E-state index in [1.165, 1.54) is 16.8 Å². The molecule has 0 fully saturated rings. The van der Waals surface area contributed by atoms with Crippen molar-refractivity contribution in [2.75, 3.05) is 6.54 Å². The molecule has 2 aromatic rings. The summed E-state index contributed by atoms with van der Waals surface area (Å²) in [7, 11) is -3.73. The van der Waals surface area contributed by atoms with Gasteiger partial charge in [-0.1, -0.05) is 0 Å². The van der Waals surface area contributed by atoms with E-state index in [2.05, 4.69) is 10.4 Å². The van der Waals surface area contributed by atoms with Crippen LogP contribution in [0.15, 0.2) is 29.2 Å². The summed E-state index contributed by atoms with van der Waals surface area (Å²) in [6.07, 6.45) is 0.738. The van der Waals surface area contributed by atoms with Gasteiger partial charge in [-0.3, -0.25) is 4.79 Å². The molecule has 1 aliphatic rings. The second kappa shape index (κ2) is 4.68. The maximum Gasteiger partial charge on any atom is 0.270 e. The van der Waals surface area contributed by atoms with Crippen molar-refractivity contribution < 1.29 is 13.2 Å². The van der Waals surface area contributed by atoms with Gasteiger partial charge in [-0.2, -0.15) is 5.10 Å². The third kappa shape index (κ3) is 2.32. The van der Waals surface area contributed by atoms with Gasteiger partial charge >= 0.3 is 0 Å². The monoisotopic (exact) mass is 306 g/mol. The number of aryl methyl sites for hydroxylation is 1. The number of benzene rings is 1. The lowest BCUT2D eigenvalue weighted by Gasteiger charge is -2.14. The number of amides is 1. The van der Waals surface area contributed by atoms with Crippen LogP contribution in [0.5, 0.6) is 0 Å². The summed E-state index contributed by atoms with van der Waals surface area (Å²) in [5.74, 6) is -0.174. The van der Waals surface area contributed by atoms with Crippen LogP contribution in [0.2, 0.25) is 0 Å². The average Bonchev–Trinajstić information content (AvgIpc) is 2.77. The summed E-state index contributed by atoms with van der Waals surface area (Å²) in [6.45, 7) is 2.45. The quantitative estimate of drug-likeness (QED) is 0.821. The van der Waals surface area contributed by atoms with Crippen molar-refractivity contribution in [1.82, 2.24) is 15.1 Å². The van der Waals surface area contributed by atoms with Gasteiger partial charge in [-0.25, -0.2) is 18.2 Å². The number of rotatable bonds is 2. The third-order valence-corrected chi connectivity index (χ3v) is 4.40. The summed E-state index contributed by atoms with van der Waals surface area (Å²) in [5, 5.41) is 12.2. The lowest BCUT2D eigenvalue weighted by Crippen LogP contribution is -2.33. The van der Waals surface area contributed by atoms with E-state index in [0.717, 1.165) is 17.7 Å². The van der Waals surface area contributed by atoms with Gasteiger partial charge in [0.15, 0.2) is 0 Å². The highest BCUT2D eigenvalue weighted by molar-refractivity contribution is 7.89. The zero-order chi connectivity index (χ0) is 15.2. The molecule has 2 heterocycles. The summed E-state index contributed by atoms with van der Waals surface area (Å²) >= 11 is 0. The van der Waals surface area contributed by atoms with Crippen molar-refractivity contribution in [2.24, 2.45) is 5.14 Å². The van der Waals surface area contributed by atoms with E-state index >= 15 is 0 Å². The van der Waals surface area contributed by atoms with Crippen LogP contribution in [0.25, 0.3) is 5.69 Å². The van der Waals surface area contributed by atoms with E-state index in [0.29, 0.717) is 17.9 Å². The van der Waals surface area contributed by atoms with Crippen LogP contribution in [0.4, 0.5) is 0 Å². The average molecular weight is 306 g/mol. The SMILES string of the molecule is Cc1nn(-c2ccc(S(N)(=O)=O)cc2)c2c1CCNC2=O. The maximum absolute atomic E-state index is 12.0. The molecule has 21 heavy (non-hydrogen) atoms. The van der Waals surface area contributed by atoms with Crippen LogP contribution in [-0.4, -0.2) is 30.7 Å². The van der Waals surface area contributed by atoms with Crippen LogP contribution < -0.4 is 10.5 Å². The van der Waals surface area contributed by atoms with Crippen LogP contribution in [0.1, 0.15) is 21.7 Å². The maximum atomic E-state index is 12.0. The van der Waals surface area contributed by atoms with Crippen molar-refractivity contribution in [3.63, 3.8) is 0 Å². The minimum atomic E-state index is -3.73. The van der Waals surface area contributed by atoms with Crippen molar-refractivity contribution in [3.05, 3.63) is 41.2 Å². The van der Waals surface area contributed by atoms with E-state index in [1.807, 2.05) is 6.92 Å². The number of aromatic nitrogens is 2. The first kappa shape index (κ1) is 13.8. The molecule has 110 valence electrons. The molecular formula is C13H14N4O3S. The van der Waals surface area contributed by atoms with Crippen LogP contribution in [0, 0.1) is 6.92 Å². The topological polar surface area (TPSA) is 107 Å². The number of nitrogens with zero attached hydrogens (tertiary/aromatic N) is 2. The fourth-order valence-corrected chi connectivity index (χ4v) is 2.96. The highest BCUT2D eigenvalue weighted by Crippen LogP contribution is 2.22.